The summed E-state index contributed by atoms with van der Waals surface area (Å²) in [4.78, 5) is 37.9. The fourth-order valence-electron chi connectivity index (χ4n) is 1.94. The number of carbonyl (C=O) groups is 1. The highest BCUT2D eigenvalue weighted by Crippen LogP contribution is 2.13. The maximum Gasteiger partial charge on any atom is 0.410 e. The summed E-state index contributed by atoms with van der Waals surface area (Å²) in [5, 5.41) is 3.12. The standard InChI is InChI=1S/C14H22N6O3/c1-14(2,3)23-13(22)20(4)7-5-6-15-10-9-11(17-8-16-10)19-12(21)18-9/h8H,5-7H2,1-4H3,(H3,15,16,17,18,19,21). The van der Waals surface area contributed by atoms with Crippen molar-refractivity contribution in [2.75, 3.05) is 25.5 Å². The number of carbonyl (C=O) groups excluding carboxylic acids is 1. The van der Waals surface area contributed by atoms with Gasteiger partial charge < -0.3 is 19.9 Å². The smallest absolute Gasteiger partial charge is 0.410 e. The molecular formula is C14H22N6O3. The Kier molecular flexibility index (Phi) is 4.87. The molecule has 0 saturated carbocycles. The van der Waals surface area contributed by atoms with E-state index < -0.39 is 5.60 Å². The maximum atomic E-state index is 11.8. The lowest BCUT2D eigenvalue weighted by Crippen LogP contribution is -2.35. The van der Waals surface area contributed by atoms with Gasteiger partial charge >= 0.3 is 11.8 Å². The van der Waals surface area contributed by atoms with E-state index in [-0.39, 0.29) is 11.8 Å². The van der Waals surface area contributed by atoms with Crippen molar-refractivity contribution in [2.24, 2.45) is 0 Å². The molecule has 1 amide bonds. The molecule has 0 radical (unpaired) electrons. The number of aromatic nitrogens is 4. The Morgan fingerprint density at radius 3 is 2.78 bits per heavy atom. The zero-order valence-corrected chi connectivity index (χ0v) is 13.8. The van der Waals surface area contributed by atoms with Crippen molar-refractivity contribution < 1.29 is 9.53 Å². The quantitative estimate of drug-likeness (QED) is 0.715. The Hall–Kier alpha value is -2.58. The molecule has 9 heteroatoms. The van der Waals surface area contributed by atoms with E-state index in [1.807, 2.05) is 20.8 Å². The Balaban J connectivity index is 1.83. The van der Waals surface area contributed by atoms with Crippen molar-refractivity contribution in [3.63, 3.8) is 0 Å². The number of hydrogen-bond acceptors (Lipinski definition) is 6. The minimum absolute atomic E-state index is 0.326. The second-order valence-corrected chi connectivity index (χ2v) is 6.21. The number of imidazole rings is 1. The summed E-state index contributed by atoms with van der Waals surface area (Å²) in [7, 11) is 1.70. The fraction of sp³-hybridized carbons (Fsp3) is 0.571. The number of rotatable bonds is 5. The summed E-state index contributed by atoms with van der Waals surface area (Å²) < 4.78 is 5.28. The highest BCUT2D eigenvalue weighted by atomic mass is 16.6. The van der Waals surface area contributed by atoms with E-state index in [0.717, 1.165) is 0 Å². The van der Waals surface area contributed by atoms with Gasteiger partial charge in [0.25, 0.3) is 0 Å². The fourth-order valence-corrected chi connectivity index (χ4v) is 1.94. The summed E-state index contributed by atoms with van der Waals surface area (Å²) in [6.07, 6.45) is 1.73. The Morgan fingerprint density at radius 1 is 1.35 bits per heavy atom. The lowest BCUT2D eigenvalue weighted by Gasteiger charge is -2.24. The van der Waals surface area contributed by atoms with Crippen LogP contribution in [0, 0.1) is 0 Å². The molecule has 0 unspecified atom stereocenters. The van der Waals surface area contributed by atoms with Gasteiger partial charge in [0, 0.05) is 20.1 Å². The molecule has 0 aromatic carbocycles. The van der Waals surface area contributed by atoms with Crippen molar-refractivity contribution in [3.8, 4) is 0 Å². The van der Waals surface area contributed by atoms with E-state index in [2.05, 4.69) is 25.3 Å². The number of fused-ring (bicyclic) bond motifs is 1. The number of nitrogens with one attached hydrogen (secondary N) is 3. The third kappa shape index (κ3) is 4.70. The molecule has 2 aromatic rings. The number of amides is 1. The summed E-state index contributed by atoms with van der Waals surface area (Å²) >= 11 is 0. The predicted octanol–water partition coefficient (Wildman–Crippen LogP) is 1.32. The largest absolute Gasteiger partial charge is 0.444 e. The first-order valence-corrected chi connectivity index (χ1v) is 7.37. The minimum Gasteiger partial charge on any atom is -0.444 e. The van der Waals surface area contributed by atoms with Crippen LogP contribution in [0.4, 0.5) is 10.6 Å². The lowest BCUT2D eigenvalue weighted by atomic mass is 10.2. The molecule has 2 aromatic heterocycles. The van der Waals surface area contributed by atoms with E-state index in [0.29, 0.717) is 36.5 Å². The Morgan fingerprint density at radius 2 is 2.09 bits per heavy atom. The van der Waals surface area contributed by atoms with Crippen LogP contribution in [0.1, 0.15) is 27.2 Å². The van der Waals surface area contributed by atoms with Crippen LogP contribution in [0.2, 0.25) is 0 Å². The first-order valence-electron chi connectivity index (χ1n) is 7.37. The summed E-state index contributed by atoms with van der Waals surface area (Å²) in [5.74, 6) is 0.549. The average Bonchev–Trinajstić information content (AvgIpc) is 2.82. The average molecular weight is 322 g/mol. The molecular weight excluding hydrogens is 300 g/mol. The Bertz CT molecular complexity index is 730. The van der Waals surface area contributed by atoms with Crippen molar-refractivity contribution in [2.45, 2.75) is 32.8 Å². The van der Waals surface area contributed by atoms with Crippen LogP contribution < -0.4 is 11.0 Å². The first kappa shape index (κ1) is 16.8. The summed E-state index contributed by atoms with van der Waals surface area (Å²) in [6, 6.07) is 0. The maximum absolute atomic E-state index is 11.8. The minimum atomic E-state index is -0.504. The van der Waals surface area contributed by atoms with Gasteiger partial charge in [0.1, 0.15) is 17.4 Å². The SMILES string of the molecule is CN(CCCNc1ncnc2[nH]c(=O)[nH]c12)C(=O)OC(C)(C)C. The van der Waals surface area contributed by atoms with E-state index in [9.17, 15) is 9.59 Å². The molecule has 9 nitrogen and oxygen atoms in total. The molecule has 2 heterocycles. The number of ether oxygens (including phenoxy) is 1. The molecule has 0 spiro atoms. The lowest BCUT2D eigenvalue weighted by molar-refractivity contribution is 0.0298. The zero-order valence-electron chi connectivity index (χ0n) is 13.8. The van der Waals surface area contributed by atoms with E-state index in [1.165, 1.54) is 11.2 Å². The van der Waals surface area contributed by atoms with Crippen LogP contribution in [0.3, 0.4) is 0 Å². The highest BCUT2D eigenvalue weighted by Gasteiger charge is 2.19. The van der Waals surface area contributed by atoms with Crippen LogP contribution in [-0.4, -0.2) is 56.7 Å². The van der Waals surface area contributed by atoms with Crippen LogP contribution in [0.15, 0.2) is 11.1 Å². The van der Waals surface area contributed by atoms with E-state index in [4.69, 9.17) is 4.74 Å². The van der Waals surface area contributed by atoms with Gasteiger partial charge in [0.2, 0.25) is 0 Å². The molecule has 23 heavy (non-hydrogen) atoms. The second kappa shape index (κ2) is 6.67. The van der Waals surface area contributed by atoms with Crippen LogP contribution in [-0.2, 0) is 4.74 Å². The molecule has 0 aliphatic heterocycles. The molecule has 0 saturated heterocycles. The molecule has 0 bridgehead atoms. The van der Waals surface area contributed by atoms with Gasteiger partial charge in [0.15, 0.2) is 11.5 Å². The van der Waals surface area contributed by atoms with Gasteiger partial charge in [-0.3, -0.25) is 4.98 Å². The number of anilines is 1. The van der Waals surface area contributed by atoms with Gasteiger partial charge in [-0.2, -0.15) is 0 Å². The van der Waals surface area contributed by atoms with Gasteiger partial charge in [-0.05, 0) is 27.2 Å². The van der Waals surface area contributed by atoms with Crippen LogP contribution >= 0.6 is 0 Å². The van der Waals surface area contributed by atoms with Crippen molar-refractivity contribution in [1.82, 2.24) is 24.8 Å². The number of nitrogens with zero attached hydrogens (tertiary/aromatic N) is 3. The Labute approximate surface area is 133 Å². The van der Waals surface area contributed by atoms with Crippen molar-refractivity contribution in [3.05, 3.63) is 16.8 Å². The topological polar surface area (TPSA) is 116 Å². The third-order valence-electron chi connectivity index (χ3n) is 2.99. The van der Waals surface area contributed by atoms with E-state index >= 15 is 0 Å². The number of hydrogen-bond donors (Lipinski definition) is 3. The van der Waals surface area contributed by atoms with Crippen LogP contribution in [0.25, 0.3) is 11.2 Å². The molecule has 0 aliphatic rings. The third-order valence-corrected chi connectivity index (χ3v) is 2.99. The molecule has 3 N–H and O–H groups in total. The number of H-pyrrole nitrogens is 2. The van der Waals surface area contributed by atoms with Crippen molar-refractivity contribution >= 4 is 23.1 Å². The van der Waals surface area contributed by atoms with E-state index in [1.54, 1.807) is 7.05 Å². The molecule has 126 valence electrons. The summed E-state index contributed by atoms with van der Waals surface area (Å²) in [6.45, 7) is 6.63. The summed E-state index contributed by atoms with van der Waals surface area (Å²) in [5.41, 5.74) is 0.167. The monoisotopic (exact) mass is 322 g/mol. The molecule has 0 atom stereocenters. The first-order chi connectivity index (χ1) is 10.8. The van der Waals surface area contributed by atoms with Crippen LogP contribution in [0.5, 0.6) is 0 Å². The molecule has 2 rings (SSSR count). The number of aromatic amines is 2. The molecule has 0 aliphatic carbocycles. The van der Waals surface area contributed by atoms with Gasteiger partial charge in [-0.25, -0.2) is 19.6 Å². The van der Waals surface area contributed by atoms with Crippen molar-refractivity contribution in [1.29, 1.82) is 0 Å². The second-order valence-electron chi connectivity index (χ2n) is 6.21. The zero-order chi connectivity index (χ0) is 17.0. The molecule has 0 fully saturated rings. The van der Waals surface area contributed by atoms with Gasteiger partial charge in [-0.1, -0.05) is 0 Å². The highest BCUT2D eigenvalue weighted by molar-refractivity contribution is 5.81. The predicted molar refractivity (Wildman–Crippen MR) is 86.5 cm³/mol. The normalized spacial score (nSPS) is 11.5. The van der Waals surface area contributed by atoms with Gasteiger partial charge in [-0.15, -0.1) is 0 Å². The van der Waals surface area contributed by atoms with Gasteiger partial charge in [0.05, 0.1) is 0 Å².